The maximum atomic E-state index is 11.1. The van der Waals surface area contributed by atoms with Crippen molar-refractivity contribution in [3.05, 3.63) is 0 Å². The molecule has 0 radical (unpaired) electrons. The van der Waals surface area contributed by atoms with Crippen molar-refractivity contribution >= 4 is 11.7 Å². The van der Waals surface area contributed by atoms with E-state index in [0.29, 0.717) is 19.8 Å². The van der Waals surface area contributed by atoms with E-state index in [2.05, 4.69) is 0 Å². The summed E-state index contributed by atoms with van der Waals surface area (Å²) < 4.78 is 4.90. The van der Waals surface area contributed by atoms with E-state index < -0.39 is 11.7 Å². The molecule has 0 aliphatic carbocycles. The summed E-state index contributed by atoms with van der Waals surface area (Å²) in [5.74, 6) is -1.12. The molecular weight excluding hydrogens is 174 g/mol. The van der Waals surface area contributed by atoms with Crippen LogP contribution in [0.1, 0.15) is 13.8 Å². The van der Waals surface area contributed by atoms with E-state index >= 15 is 0 Å². The number of rotatable bonds is 5. The lowest BCUT2D eigenvalue weighted by Gasteiger charge is -2.17. The lowest BCUT2D eigenvalue weighted by atomic mass is 10.4. The lowest BCUT2D eigenvalue weighted by Crippen LogP contribution is -2.36. The zero-order valence-electron chi connectivity index (χ0n) is 7.78. The Morgan fingerprint density at radius 1 is 1.62 bits per heavy atom. The van der Waals surface area contributed by atoms with Crippen molar-refractivity contribution in [3.63, 3.8) is 0 Å². The highest BCUT2D eigenvalue weighted by Crippen LogP contribution is 2.09. The molecule has 0 spiro atoms. The number of carbonyl (C=O) groups is 2. The fourth-order valence-electron chi connectivity index (χ4n) is 0.807. The van der Waals surface area contributed by atoms with Crippen LogP contribution in [0.4, 0.5) is 0 Å². The number of hydroxylamine groups is 2. The van der Waals surface area contributed by atoms with E-state index in [1.165, 1.54) is 6.92 Å². The Kier molecular flexibility index (Phi) is 3.39. The van der Waals surface area contributed by atoms with E-state index in [0.717, 1.165) is 5.06 Å². The predicted molar refractivity (Wildman–Crippen MR) is 43.8 cm³/mol. The van der Waals surface area contributed by atoms with Crippen molar-refractivity contribution in [1.29, 1.82) is 0 Å². The van der Waals surface area contributed by atoms with Gasteiger partial charge in [-0.25, -0.2) is 5.06 Å². The van der Waals surface area contributed by atoms with Gasteiger partial charge in [0.25, 0.3) is 0 Å². The average molecular weight is 187 g/mol. The molecule has 1 aliphatic rings. The number of hydrogen-bond donors (Lipinski definition) is 0. The summed E-state index contributed by atoms with van der Waals surface area (Å²) in [7, 11) is 0. The van der Waals surface area contributed by atoms with Crippen LogP contribution in [0.25, 0.3) is 0 Å². The minimum absolute atomic E-state index is 0.0915. The second-order valence-electron chi connectivity index (χ2n) is 2.81. The van der Waals surface area contributed by atoms with Gasteiger partial charge in [0.2, 0.25) is 5.78 Å². The van der Waals surface area contributed by atoms with E-state index in [-0.39, 0.29) is 6.10 Å². The highest BCUT2D eigenvalue weighted by Gasteiger charge is 2.26. The minimum Gasteiger partial charge on any atom is -0.371 e. The fraction of sp³-hybridized carbons (Fsp3) is 0.750. The molecule has 1 fully saturated rings. The van der Waals surface area contributed by atoms with Gasteiger partial charge in [0.15, 0.2) is 0 Å². The van der Waals surface area contributed by atoms with Gasteiger partial charge in [0, 0.05) is 13.5 Å². The molecule has 1 aliphatic heterocycles. The van der Waals surface area contributed by atoms with Crippen molar-refractivity contribution in [1.82, 2.24) is 5.06 Å². The number of carbonyl (C=O) groups excluding carboxylic acids is 2. The lowest BCUT2D eigenvalue weighted by molar-refractivity contribution is -0.187. The number of amides is 1. The van der Waals surface area contributed by atoms with Gasteiger partial charge in [0.05, 0.1) is 6.61 Å². The molecule has 1 unspecified atom stereocenters. The Bertz CT molecular complexity index is 212. The highest BCUT2D eigenvalue weighted by molar-refractivity contribution is 6.34. The van der Waals surface area contributed by atoms with Crippen molar-refractivity contribution in [3.8, 4) is 0 Å². The molecule has 0 aromatic heterocycles. The number of likely N-dealkylation sites (N-methyl/N-ethyl adjacent to an activating group) is 1. The normalized spacial score (nSPS) is 19.7. The largest absolute Gasteiger partial charge is 0.371 e. The van der Waals surface area contributed by atoms with Crippen molar-refractivity contribution in [2.45, 2.75) is 20.0 Å². The third kappa shape index (κ3) is 3.12. The first-order chi connectivity index (χ1) is 6.15. The first-order valence-electron chi connectivity index (χ1n) is 4.22. The molecule has 5 nitrogen and oxygen atoms in total. The summed E-state index contributed by atoms with van der Waals surface area (Å²) >= 11 is 0. The standard InChI is InChI=1S/C8H13NO4/c1-3-9(8(11)6(2)10)13-5-7-4-12-7/h7H,3-5H2,1-2H3. The summed E-state index contributed by atoms with van der Waals surface area (Å²) in [6.07, 6.45) is 0.0915. The van der Waals surface area contributed by atoms with Crippen LogP contribution in [-0.4, -0.2) is 42.6 Å². The van der Waals surface area contributed by atoms with Gasteiger partial charge in [-0.15, -0.1) is 0 Å². The summed E-state index contributed by atoms with van der Waals surface area (Å²) in [5, 5.41) is 1.06. The minimum atomic E-state index is -0.608. The van der Waals surface area contributed by atoms with Gasteiger partial charge < -0.3 is 4.74 Å². The molecule has 0 aromatic carbocycles. The Balaban J connectivity index is 2.31. The molecule has 1 amide bonds. The molecule has 0 saturated carbocycles. The molecule has 1 atom stereocenters. The monoisotopic (exact) mass is 187 g/mol. The number of epoxide rings is 1. The Labute approximate surface area is 76.6 Å². The average Bonchev–Trinajstić information content (AvgIpc) is 2.88. The summed E-state index contributed by atoms with van der Waals surface area (Å²) in [6.45, 7) is 4.35. The molecule has 74 valence electrons. The van der Waals surface area contributed by atoms with Gasteiger partial charge in [0.1, 0.15) is 12.7 Å². The van der Waals surface area contributed by atoms with Gasteiger partial charge in [-0.2, -0.15) is 0 Å². The molecule has 1 heterocycles. The third-order valence-electron chi connectivity index (χ3n) is 1.63. The molecule has 13 heavy (non-hydrogen) atoms. The topological polar surface area (TPSA) is 59.1 Å². The van der Waals surface area contributed by atoms with Gasteiger partial charge in [-0.3, -0.25) is 14.4 Å². The molecule has 0 aromatic rings. The first kappa shape index (κ1) is 10.1. The Morgan fingerprint density at radius 3 is 2.62 bits per heavy atom. The predicted octanol–water partition coefficient (Wildman–Crippen LogP) is -0.246. The maximum Gasteiger partial charge on any atom is 0.313 e. The number of Topliss-reactive ketones (excluding diaryl/α,β-unsaturated/α-hetero) is 1. The smallest absolute Gasteiger partial charge is 0.313 e. The zero-order valence-corrected chi connectivity index (χ0v) is 7.78. The molecule has 1 rings (SSSR count). The zero-order chi connectivity index (χ0) is 9.84. The van der Waals surface area contributed by atoms with Crippen molar-refractivity contribution in [2.75, 3.05) is 19.8 Å². The molecular formula is C8H13NO4. The second-order valence-corrected chi connectivity index (χ2v) is 2.81. The van der Waals surface area contributed by atoms with Crippen LogP contribution >= 0.6 is 0 Å². The summed E-state index contributed by atoms with van der Waals surface area (Å²) in [4.78, 5) is 26.9. The first-order valence-corrected chi connectivity index (χ1v) is 4.22. The van der Waals surface area contributed by atoms with Crippen LogP contribution in [0.3, 0.4) is 0 Å². The van der Waals surface area contributed by atoms with E-state index in [9.17, 15) is 9.59 Å². The van der Waals surface area contributed by atoms with Gasteiger partial charge in [-0.1, -0.05) is 0 Å². The summed E-state index contributed by atoms with van der Waals surface area (Å²) in [6, 6.07) is 0. The van der Waals surface area contributed by atoms with Crippen LogP contribution in [0.15, 0.2) is 0 Å². The Hall–Kier alpha value is -0.940. The van der Waals surface area contributed by atoms with Crippen LogP contribution in [0.2, 0.25) is 0 Å². The van der Waals surface area contributed by atoms with Crippen LogP contribution in [-0.2, 0) is 19.2 Å². The molecule has 5 heteroatoms. The highest BCUT2D eigenvalue weighted by atomic mass is 16.7. The molecule has 1 saturated heterocycles. The number of ether oxygens (including phenoxy) is 1. The molecule has 0 N–H and O–H groups in total. The van der Waals surface area contributed by atoms with E-state index in [1.54, 1.807) is 6.92 Å². The van der Waals surface area contributed by atoms with E-state index in [1.807, 2.05) is 0 Å². The third-order valence-corrected chi connectivity index (χ3v) is 1.63. The SMILES string of the molecule is CCN(OCC1CO1)C(=O)C(C)=O. The number of hydrogen-bond acceptors (Lipinski definition) is 4. The van der Waals surface area contributed by atoms with Crippen LogP contribution in [0, 0.1) is 0 Å². The summed E-state index contributed by atoms with van der Waals surface area (Å²) in [5.41, 5.74) is 0. The number of nitrogens with zero attached hydrogens (tertiary/aromatic N) is 1. The fourth-order valence-corrected chi connectivity index (χ4v) is 0.807. The van der Waals surface area contributed by atoms with Crippen molar-refractivity contribution in [2.24, 2.45) is 0 Å². The van der Waals surface area contributed by atoms with Crippen LogP contribution < -0.4 is 0 Å². The van der Waals surface area contributed by atoms with Crippen molar-refractivity contribution < 1.29 is 19.2 Å². The number of ketones is 1. The second kappa shape index (κ2) is 4.34. The van der Waals surface area contributed by atoms with E-state index in [4.69, 9.17) is 9.57 Å². The quantitative estimate of drug-likeness (QED) is 0.338. The maximum absolute atomic E-state index is 11.1. The van der Waals surface area contributed by atoms with Crippen LogP contribution in [0.5, 0.6) is 0 Å². The molecule has 0 bridgehead atoms. The van der Waals surface area contributed by atoms with Gasteiger partial charge >= 0.3 is 5.91 Å². The van der Waals surface area contributed by atoms with Gasteiger partial charge in [-0.05, 0) is 6.92 Å². The Morgan fingerprint density at radius 2 is 2.23 bits per heavy atom.